The lowest BCUT2D eigenvalue weighted by molar-refractivity contribution is -0.151. The molecule has 1 aromatic carbocycles. The van der Waals surface area contributed by atoms with Crippen LogP contribution in [-0.4, -0.2) is 36.3 Å². The summed E-state index contributed by atoms with van der Waals surface area (Å²) in [5.41, 5.74) is 0.862. The molecule has 0 bridgehead atoms. The molecule has 0 aliphatic carbocycles. The summed E-state index contributed by atoms with van der Waals surface area (Å²) in [5.74, 6) is -0.624. The van der Waals surface area contributed by atoms with Gasteiger partial charge >= 0.3 is 5.97 Å². The fourth-order valence-electron chi connectivity index (χ4n) is 2.42. The van der Waals surface area contributed by atoms with Crippen molar-refractivity contribution in [2.24, 2.45) is 0 Å². The van der Waals surface area contributed by atoms with Gasteiger partial charge in [0.05, 0.1) is 13.2 Å². The van der Waals surface area contributed by atoms with Crippen LogP contribution >= 0.6 is 0 Å². The van der Waals surface area contributed by atoms with Gasteiger partial charge in [-0.3, -0.25) is 4.79 Å². The van der Waals surface area contributed by atoms with Crippen LogP contribution in [0.3, 0.4) is 0 Å². The number of carboxylic acids is 1. The van der Waals surface area contributed by atoms with E-state index >= 15 is 0 Å². The number of carbonyl (C=O) groups excluding carboxylic acids is 1. The number of benzene rings is 1. The molecule has 3 atom stereocenters. The Morgan fingerprint density at radius 3 is 2.62 bits per heavy atom. The maximum atomic E-state index is 12.1. The molecule has 2 N–H and O–H groups in total. The maximum absolute atomic E-state index is 12.1. The van der Waals surface area contributed by atoms with E-state index in [1.54, 1.807) is 7.11 Å². The number of hydrogen-bond donors (Lipinski definition) is 2. The molecule has 6 heteroatoms. The average Bonchev–Trinajstić information content (AvgIpc) is 2.97. The molecule has 1 fully saturated rings. The van der Waals surface area contributed by atoms with Crippen molar-refractivity contribution in [2.45, 2.75) is 38.0 Å². The first-order valence-electron chi connectivity index (χ1n) is 6.84. The summed E-state index contributed by atoms with van der Waals surface area (Å²) < 4.78 is 10.5. The molecule has 0 saturated carbocycles. The number of rotatable bonds is 5. The van der Waals surface area contributed by atoms with Gasteiger partial charge in [0.1, 0.15) is 11.9 Å². The van der Waals surface area contributed by atoms with E-state index < -0.39 is 18.2 Å². The SMILES string of the molecule is COc1ccccc1C(C)NC(=O)C1CCC(C(=O)O)O1. The summed E-state index contributed by atoms with van der Waals surface area (Å²) in [5, 5.41) is 11.7. The molecule has 1 amide bonds. The van der Waals surface area contributed by atoms with Crippen LogP contribution in [0.15, 0.2) is 24.3 Å². The van der Waals surface area contributed by atoms with E-state index in [1.807, 2.05) is 31.2 Å². The van der Waals surface area contributed by atoms with Crippen LogP contribution in [0.5, 0.6) is 5.75 Å². The number of aliphatic carboxylic acids is 1. The van der Waals surface area contributed by atoms with Gasteiger partial charge in [0.15, 0.2) is 6.10 Å². The average molecular weight is 293 g/mol. The third-order valence-corrected chi connectivity index (χ3v) is 3.55. The van der Waals surface area contributed by atoms with E-state index in [0.29, 0.717) is 18.6 Å². The van der Waals surface area contributed by atoms with Crippen molar-refractivity contribution in [3.05, 3.63) is 29.8 Å². The lowest BCUT2D eigenvalue weighted by Crippen LogP contribution is -2.37. The van der Waals surface area contributed by atoms with Gasteiger partial charge in [-0.2, -0.15) is 0 Å². The molecule has 0 radical (unpaired) electrons. The Bertz CT molecular complexity index is 531. The molecular weight excluding hydrogens is 274 g/mol. The van der Waals surface area contributed by atoms with E-state index in [2.05, 4.69) is 5.32 Å². The van der Waals surface area contributed by atoms with Crippen LogP contribution in [-0.2, 0) is 14.3 Å². The normalized spacial score (nSPS) is 22.6. The van der Waals surface area contributed by atoms with E-state index in [9.17, 15) is 9.59 Å². The number of carbonyl (C=O) groups is 2. The minimum absolute atomic E-state index is 0.249. The van der Waals surface area contributed by atoms with Gasteiger partial charge in [0.25, 0.3) is 0 Å². The first-order valence-corrected chi connectivity index (χ1v) is 6.84. The van der Waals surface area contributed by atoms with Gasteiger partial charge in [0.2, 0.25) is 5.91 Å². The van der Waals surface area contributed by atoms with Crippen LogP contribution in [0.25, 0.3) is 0 Å². The molecule has 1 heterocycles. The van der Waals surface area contributed by atoms with Crippen molar-refractivity contribution in [3.8, 4) is 5.75 Å². The van der Waals surface area contributed by atoms with E-state index in [0.717, 1.165) is 5.56 Å². The Kier molecular flexibility index (Phi) is 4.80. The number of ether oxygens (including phenoxy) is 2. The van der Waals surface area contributed by atoms with E-state index in [1.165, 1.54) is 0 Å². The Morgan fingerprint density at radius 1 is 1.33 bits per heavy atom. The molecule has 1 saturated heterocycles. The number of amides is 1. The predicted molar refractivity (Wildman–Crippen MR) is 75.1 cm³/mol. The molecule has 6 nitrogen and oxygen atoms in total. The molecule has 1 aromatic rings. The smallest absolute Gasteiger partial charge is 0.332 e. The highest BCUT2D eigenvalue weighted by Gasteiger charge is 2.35. The topological polar surface area (TPSA) is 84.9 Å². The van der Waals surface area contributed by atoms with Crippen LogP contribution in [0.4, 0.5) is 0 Å². The Morgan fingerprint density at radius 2 is 2.00 bits per heavy atom. The number of nitrogens with one attached hydrogen (secondary N) is 1. The van der Waals surface area contributed by atoms with Crippen LogP contribution in [0, 0.1) is 0 Å². The quantitative estimate of drug-likeness (QED) is 0.859. The fourth-order valence-corrected chi connectivity index (χ4v) is 2.42. The Balaban J connectivity index is 1.98. The van der Waals surface area contributed by atoms with E-state index in [4.69, 9.17) is 14.6 Å². The third kappa shape index (κ3) is 3.52. The molecule has 0 aromatic heterocycles. The van der Waals surface area contributed by atoms with Crippen molar-refractivity contribution in [2.75, 3.05) is 7.11 Å². The Labute approximate surface area is 123 Å². The van der Waals surface area contributed by atoms with Crippen molar-refractivity contribution >= 4 is 11.9 Å². The minimum atomic E-state index is -1.02. The summed E-state index contributed by atoms with van der Waals surface area (Å²) in [7, 11) is 1.57. The number of para-hydroxylation sites is 1. The molecular formula is C15H19NO5. The van der Waals surface area contributed by atoms with Crippen molar-refractivity contribution in [1.29, 1.82) is 0 Å². The minimum Gasteiger partial charge on any atom is -0.496 e. The highest BCUT2D eigenvalue weighted by Crippen LogP contribution is 2.25. The second kappa shape index (κ2) is 6.58. The second-order valence-corrected chi connectivity index (χ2v) is 5.00. The molecule has 3 unspecified atom stereocenters. The molecule has 114 valence electrons. The van der Waals surface area contributed by atoms with E-state index in [-0.39, 0.29) is 11.9 Å². The first kappa shape index (κ1) is 15.3. The summed E-state index contributed by atoms with van der Waals surface area (Å²) in [6.07, 6.45) is -0.816. The third-order valence-electron chi connectivity index (χ3n) is 3.55. The second-order valence-electron chi connectivity index (χ2n) is 5.00. The Hall–Kier alpha value is -2.08. The number of hydrogen-bond acceptors (Lipinski definition) is 4. The highest BCUT2D eigenvalue weighted by molar-refractivity contribution is 5.83. The monoisotopic (exact) mass is 293 g/mol. The summed E-state index contributed by atoms with van der Waals surface area (Å²) in [6, 6.07) is 7.17. The van der Waals surface area contributed by atoms with Crippen LogP contribution in [0.1, 0.15) is 31.4 Å². The first-order chi connectivity index (χ1) is 10.0. The zero-order valence-corrected chi connectivity index (χ0v) is 12.0. The highest BCUT2D eigenvalue weighted by atomic mass is 16.5. The summed E-state index contributed by atoms with van der Waals surface area (Å²) in [6.45, 7) is 1.85. The summed E-state index contributed by atoms with van der Waals surface area (Å²) >= 11 is 0. The van der Waals surface area contributed by atoms with Crippen molar-refractivity contribution in [3.63, 3.8) is 0 Å². The van der Waals surface area contributed by atoms with Crippen molar-refractivity contribution < 1.29 is 24.2 Å². The number of methoxy groups -OCH3 is 1. The van der Waals surface area contributed by atoms with Crippen LogP contribution < -0.4 is 10.1 Å². The molecule has 1 aliphatic heterocycles. The maximum Gasteiger partial charge on any atom is 0.332 e. The van der Waals surface area contributed by atoms with Gasteiger partial charge in [0, 0.05) is 5.56 Å². The zero-order valence-electron chi connectivity index (χ0n) is 12.0. The van der Waals surface area contributed by atoms with Gasteiger partial charge in [-0.1, -0.05) is 18.2 Å². The molecule has 21 heavy (non-hydrogen) atoms. The lowest BCUT2D eigenvalue weighted by Gasteiger charge is -2.19. The molecule has 0 spiro atoms. The van der Waals surface area contributed by atoms with Gasteiger partial charge in [-0.25, -0.2) is 4.79 Å². The zero-order chi connectivity index (χ0) is 15.4. The van der Waals surface area contributed by atoms with Gasteiger partial charge in [-0.15, -0.1) is 0 Å². The van der Waals surface area contributed by atoms with Gasteiger partial charge < -0.3 is 19.9 Å². The van der Waals surface area contributed by atoms with Crippen LogP contribution in [0.2, 0.25) is 0 Å². The van der Waals surface area contributed by atoms with Crippen molar-refractivity contribution in [1.82, 2.24) is 5.32 Å². The standard InChI is InChI=1S/C15H19NO5/c1-9(10-5-3-4-6-11(10)20-2)16-14(17)12-7-8-13(21-12)15(18)19/h3-6,9,12-13H,7-8H2,1-2H3,(H,16,17)(H,18,19). The fraction of sp³-hybridized carbons (Fsp3) is 0.467. The predicted octanol–water partition coefficient (Wildman–Crippen LogP) is 1.50. The van der Waals surface area contributed by atoms with Gasteiger partial charge in [-0.05, 0) is 25.8 Å². The largest absolute Gasteiger partial charge is 0.496 e. The number of carboxylic acid groups (broad SMARTS) is 1. The molecule has 2 rings (SSSR count). The lowest BCUT2D eigenvalue weighted by atomic mass is 10.1. The molecule has 1 aliphatic rings. The summed E-state index contributed by atoms with van der Waals surface area (Å²) in [4.78, 5) is 23.0.